The molecule has 7 heteroatoms. The predicted octanol–water partition coefficient (Wildman–Crippen LogP) is 0.0515. The van der Waals surface area contributed by atoms with Crippen molar-refractivity contribution in [2.75, 3.05) is 19.5 Å². The van der Waals surface area contributed by atoms with E-state index in [1.807, 2.05) is 0 Å². The molecular weight excluding hydrogens is 234 g/mol. The number of methoxy groups -OCH3 is 1. The van der Waals surface area contributed by atoms with E-state index in [-0.39, 0.29) is 11.7 Å². The van der Waals surface area contributed by atoms with Crippen molar-refractivity contribution in [2.45, 2.75) is 26.3 Å². The summed E-state index contributed by atoms with van der Waals surface area (Å²) in [4.78, 5) is 10.8. The van der Waals surface area contributed by atoms with Crippen molar-refractivity contribution in [2.24, 2.45) is 5.92 Å². The molecule has 0 spiro atoms. The smallest absolute Gasteiger partial charge is 0.321 e. The molecule has 1 atom stereocenters. The monoisotopic (exact) mass is 253 g/mol. The molecule has 0 saturated carbocycles. The lowest BCUT2D eigenvalue weighted by Gasteiger charge is -2.17. The van der Waals surface area contributed by atoms with Crippen LogP contribution >= 0.6 is 0 Å². The molecule has 0 saturated heterocycles. The van der Waals surface area contributed by atoms with Gasteiger partial charge in [0, 0.05) is 13.7 Å². The zero-order chi connectivity index (χ0) is 12.8. The fourth-order valence-electron chi connectivity index (χ4n) is 1.12. The average molecular weight is 253 g/mol. The summed E-state index contributed by atoms with van der Waals surface area (Å²) in [5, 5.41) is 8.83. The lowest BCUT2D eigenvalue weighted by molar-refractivity contribution is -0.140. The zero-order valence-corrected chi connectivity index (χ0v) is 10.6. The second kappa shape index (κ2) is 6.82. The lowest BCUT2D eigenvalue weighted by Crippen LogP contribution is -2.45. The molecule has 0 aromatic rings. The molecule has 0 amide bonds. The molecule has 2 N–H and O–H groups in total. The van der Waals surface area contributed by atoms with Crippen LogP contribution in [0.25, 0.3) is 0 Å². The topological polar surface area (TPSA) is 92.7 Å². The normalized spacial score (nSPS) is 14.0. The second-order valence-electron chi connectivity index (χ2n) is 3.84. The van der Waals surface area contributed by atoms with Gasteiger partial charge in [-0.05, 0) is 12.3 Å². The Labute approximate surface area is 96.0 Å². The van der Waals surface area contributed by atoms with Gasteiger partial charge >= 0.3 is 5.97 Å². The van der Waals surface area contributed by atoms with Gasteiger partial charge in [0.25, 0.3) is 0 Å². The first-order chi connectivity index (χ1) is 7.30. The molecule has 0 bridgehead atoms. The van der Waals surface area contributed by atoms with Crippen LogP contribution in [0.15, 0.2) is 0 Å². The Kier molecular flexibility index (Phi) is 6.54. The SMILES string of the molecule is COCCCS(=O)(=O)N[C@H](C(=O)O)C(C)C. The molecule has 0 rings (SSSR count). The van der Waals surface area contributed by atoms with Gasteiger partial charge in [-0.25, -0.2) is 13.1 Å². The summed E-state index contributed by atoms with van der Waals surface area (Å²) >= 11 is 0. The van der Waals surface area contributed by atoms with E-state index in [9.17, 15) is 13.2 Å². The summed E-state index contributed by atoms with van der Waals surface area (Å²) in [5.41, 5.74) is 0. The molecule has 0 aromatic carbocycles. The number of rotatable bonds is 8. The van der Waals surface area contributed by atoms with E-state index in [2.05, 4.69) is 4.72 Å². The summed E-state index contributed by atoms with van der Waals surface area (Å²) in [6.45, 7) is 3.63. The van der Waals surface area contributed by atoms with Gasteiger partial charge in [-0.1, -0.05) is 13.8 Å². The molecule has 6 nitrogen and oxygen atoms in total. The van der Waals surface area contributed by atoms with Crippen LogP contribution in [0.4, 0.5) is 0 Å². The summed E-state index contributed by atoms with van der Waals surface area (Å²) < 4.78 is 29.9. The number of ether oxygens (including phenoxy) is 1. The highest BCUT2D eigenvalue weighted by molar-refractivity contribution is 7.89. The Balaban J connectivity index is 4.37. The molecule has 0 aliphatic rings. The van der Waals surface area contributed by atoms with Crippen molar-refractivity contribution in [3.8, 4) is 0 Å². The minimum atomic E-state index is -3.55. The summed E-state index contributed by atoms with van der Waals surface area (Å²) in [6.07, 6.45) is 0.344. The van der Waals surface area contributed by atoms with Crippen LogP contribution in [0.3, 0.4) is 0 Å². The maximum absolute atomic E-state index is 11.5. The van der Waals surface area contributed by atoms with Gasteiger partial charge in [-0.15, -0.1) is 0 Å². The maximum atomic E-state index is 11.5. The number of carboxylic acids is 1. The number of carbonyl (C=O) groups is 1. The molecule has 0 aromatic heterocycles. The largest absolute Gasteiger partial charge is 0.480 e. The average Bonchev–Trinajstić information content (AvgIpc) is 2.13. The van der Waals surface area contributed by atoms with Crippen molar-refractivity contribution in [3.63, 3.8) is 0 Å². The molecule has 0 unspecified atom stereocenters. The Morgan fingerprint density at radius 1 is 1.44 bits per heavy atom. The first kappa shape index (κ1) is 15.3. The zero-order valence-electron chi connectivity index (χ0n) is 9.76. The molecule has 0 fully saturated rings. The van der Waals surface area contributed by atoms with Gasteiger partial charge in [0.1, 0.15) is 6.04 Å². The molecule has 16 heavy (non-hydrogen) atoms. The third kappa shape index (κ3) is 6.04. The van der Waals surface area contributed by atoms with Crippen LogP contribution < -0.4 is 4.72 Å². The van der Waals surface area contributed by atoms with Gasteiger partial charge in [0.05, 0.1) is 5.75 Å². The van der Waals surface area contributed by atoms with E-state index < -0.39 is 22.0 Å². The summed E-state index contributed by atoms with van der Waals surface area (Å²) in [6, 6.07) is -1.08. The number of aliphatic carboxylic acids is 1. The predicted molar refractivity (Wildman–Crippen MR) is 59.7 cm³/mol. The molecule has 0 radical (unpaired) electrons. The van der Waals surface area contributed by atoms with Crippen molar-refractivity contribution in [3.05, 3.63) is 0 Å². The third-order valence-electron chi connectivity index (χ3n) is 2.00. The van der Waals surface area contributed by atoms with Crippen LogP contribution in [0.2, 0.25) is 0 Å². The quantitative estimate of drug-likeness (QED) is 0.596. The van der Waals surface area contributed by atoms with E-state index in [0.29, 0.717) is 13.0 Å². The van der Waals surface area contributed by atoms with Crippen molar-refractivity contribution in [1.29, 1.82) is 0 Å². The highest BCUT2D eigenvalue weighted by Crippen LogP contribution is 2.04. The first-order valence-corrected chi connectivity index (χ1v) is 6.67. The van der Waals surface area contributed by atoms with Crippen LogP contribution in [0.5, 0.6) is 0 Å². The highest BCUT2D eigenvalue weighted by atomic mass is 32.2. The van der Waals surface area contributed by atoms with E-state index in [1.165, 1.54) is 7.11 Å². The van der Waals surface area contributed by atoms with Gasteiger partial charge in [-0.2, -0.15) is 0 Å². The number of nitrogens with one attached hydrogen (secondary N) is 1. The van der Waals surface area contributed by atoms with Gasteiger partial charge in [0.15, 0.2) is 0 Å². The third-order valence-corrected chi connectivity index (χ3v) is 3.44. The van der Waals surface area contributed by atoms with Gasteiger partial charge < -0.3 is 9.84 Å². The fraction of sp³-hybridized carbons (Fsp3) is 0.889. The highest BCUT2D eigenvalue weighted by Gasteiger charge is 2.26. The van der Waals surface area contributed by atoms with Crippen molar-refractivity contribution in [1.82, 2.24) is 4.72 Å². The lowest BCUT2D eigenvalue weighted by atomic mass is 10.1. The Bertz CT molecular complexity index is 312. The maximum Gasteiger partial charge on any atom is 0.321 e. The summed E-state index contributed by atoms with van der Waals surface area (Å²) in [5.74, 6) is -1.59. The molecule has 0 heterocycles. The fourth-order valence-corrected chi connectivity index (χ4v) is 2.49. The van der Waals surface area contributed by atoms with Crippen LogP contribution in [-0.4, -0.2) is 45.0 Å². The number of carboxylic acid groups (broad SMARTS) is 1. The minimum absolute atomic E-state index is 0.128. The van der Waals surface area contributed by atoms with Crippen LogP contribution in [0, 0.1) is 5.92 Å². The van der Waals surface area contributed by atoms with Crippen molar-refractivity contribution < 1.29 is 23.1 Å². The van der Waals surface area contributed by atoms with Gasteiger partial charge in [0.2, 0.25) is 10.0 Å². The second-order valence-corrected chi connectivity index (χ2v) is 5.72. The number of hydrogen-bond acceptors (Lipinski definition) is 4. The first-order valence-electron chi connectivity index (χ1n) is 5.02. The minimum Gasteiger partial charge on any atom is -0.480 e. The molecular formula is C9H19NO5S. The van der Waals surface area contributed by atoms with Crippen LogP contribution in [0.1, 0.15) is 20.3 Å². The standard InChI is InChI=1S/C9H19NO5S/c1-7(2)8(9(11)12)10-16(13,14)6-4-5-15-3/h7-8,10H,4-6H2,1-3H3,(H,11,12)/t8-/m0/s1. The van der Waals surface area contributed by atoms with E-state index in [4.69, 9.17) is 9.84 Å². The van der Waals surface area contributed by atoms with E-state index >= 15 is 0 Å². The van der Waals surface area contributed by atoms with Crippen LogP contribution in [-0.2, 0) is 19.6 Å². The van der Waals surface area contributed by atoms with E-state index in [1.54, 1.807) is 13.8 Å². The Morgan fingerprint density at radius 2 is 2.00 bits per heavy atom. The Hall–Kier alpha value is -0.660. The number of sulfonamides is 1. The molecule has 0 aliphatic carbocycles. The molecule has 96 valence electrons. The van der Waals surface area contributed by atoms with Crippen molar-refractivity contribution >= 4 is 16.0 Å². The summed E-state index contributed by atoms with van der Waals surface area (Å²) in [7, 11) is -2.07. The Morgan fingerprint density at radius 3 is 2.38 bits per heavy atom. The van der Waals surface area contributed by atoms with Gasteiger partial charge in [-0.3, -0.25) is 4.79 Å². The van der Waals surface area contributed by atoms with E-state index in [0.717, 1.165) is 0 Å². The molecule has 0 aliphatic heterocycles. The number of hydrogen-bond donors (Lipinski definition) is 2.